The van der Waals surface area contributed by atoms with Crippen LogP contribution >= 0.6 is 0 Å². The van der Waals surface area contributed by atoms with E-state index in [9.17, 15) is 4.79 Å². The molecule has 0 radical (unpaired) electrons. The molecule has 1 atom stereocenters. The molecule has 1 aliphatic rings. The molecule has 0 saturated carbocycles. The first-order valence-corrected chi connectivity index (χ1v) is 8.64. The lowest BCUT2D eigenvalue weighted by atomic mass is 10.0. The molecule has 3 heterocycles. The van der Waals surface area contributed by atoms with Crippen LogP contribution in [0.5, 0.6) is 0 Å². The Labute approximate surface area is 141 Å². The largest absolute Gasteiger partial charge is 0.361 e. The highest BCUT2D eigenvalue weighted by Gasteiger charge is 2.26. The lowest BCUT2D eigenvalue weighted by Crippen LogP contribution is -2.40. The van der Waals surface area contributed by atoms with Crippen LogP contribution in [-0.2, 0) is 6.42 Å². The molecule has 1 aromatic carbocycles. The van der Waals surface area contributed by atoms with Gasteiger partial charge in [-0.1, -0.05) is 13.0 Å². The Morgan fingerprint density at radius 3 is 3.17 bits per heavy atom. The van der Waals surface area contributed by atoms with Crippen molar-refractivity contribution in [1.82, 2.24) is 19.4 Å². The van der Waals surface area contributed by atoms with Gasteiger partial charge in [-0.2, -0.15) is 0 Å². The molecule has 1 saturated heterocycles. The molecule has 4 rings (SSSR count). The summed E-state index contributed by atoms with van der Waals surface area (Å²) >= 11 is 0. The minimum Gasteiger partial charge on any atom is -0.361 e. The van der Waals surface area contributed by atoms with Gasteiger partial charge in [0.05, 0.1) is 6.04 Å². The first-order chi connectivity index (χ1) is 11.8. The van der Waals surface area contributed by atoms with Crippen LogP contribution < -0.4 is 0 Å². The van der Waals surface area contributed by atoms with Crippen LogP contribution in [0.3, 0.4) is 0 Å². The molecular formula is C19H22N4O. The average Bonchev–Trinajstić information content (AvgIpc) is 3.29. The number of piperidine rings is 1. The number of amides is 1. The van der Waals surface area contributed by atoms with E-state index in [0.717, 1.165) is 54.6 Å². The van der Waals surface area contributed by atoms with Crippen LogP contribution in [0.4, 0.5) is 0 Å². The molecule has 5 nitrogen and oxygen atoms in total. The van der Waals surface area contributed by atoms with Gasteiger partial charge in [0.1, 0.15) is 5.82 Å². The summed E-state index contributed by atoms with van der Waals surface area (Å²) in [5.41, 5.74) is 1.77. The summed E-state index contributed by atoms with van der Waals surface area (Å²) in [5, 5.41) is 1.13. The van der Waals surface area contributed by atoms with Gasteiger partial charge in [-0.05, 0) is 36.4 Å². The first kappa shape index (κ1) is 15.0. The lowest BCUT2D eigenvalue weighted by molar-refractivity contribution is 0.0678. The van der Waals surface area contributed by atoms with E-state index < -0.39 is 0 Å². The maximum absolute atomic E-state index is 12.9. The number of carbonyl (C=O) groups excluding carboxylic acids is 1. The maximum atomic E-state index is 12.9. The van der Waals surface area contributed by atoms with Crippen molar-refractivity contribution in [2.75, 3.05) is 13.1 Å². The molecule has 0 aliphatic carbocycles. The highest BCUT2D eigenvalue weighted by molar-refractivity contribution is 5.98. The average molecular weight is 322 g/mol. The number of hydrogen-bond acceptors (Lipinski definition) is 2. The first-order valence-electron chi connectivity index (χ1n) is 8.64. The van der Waals surface area contributed by atoms with E-state index in [-0.39, 0.29) is 5.91 Å². The van der Waals surface area contributed by atoms with Crippen LogP contribution in [0.15, 0.2) is 42.9 Å². The summed E-state index contributed by atoms with van der Waals surface area (Å²) in [7, 11) is 0. The Hall–Kier alpha value is -2.56. The third-order valence-corrected chi connectivity index (χ3v) is 4.94. The van der Waals surface area contributed by atoms with Crippen molar-refractivity contribution in [3.05, 3.63) is 54.2 Å². The molecule has 1 fully saturated rings. The van der Waals surface area contributed by atoms with Gasteiger partial charge in [-0.3, -0.25) is 4.79 Å². The third kappa shape index (κ3) is 2.60. The Bertz CT molecular complexity index is 863. The number of aromatic amines is 1. The second-order valence-corrected chi connectivity index (χ2v) is 6.43. The number of aromatic nitrogens is 3. The molecule has 2 aromatic heterocycles. The topological polar surface area (TPSA) is 53.9 Å². The number of aryl methyl sites for hydroxylation is 1. The van der Waals surface area contributed by atoms with Gasteiger partial charge in [-0.25, -0.2) is 4.98 Å². The summed E-state index contributed by atoms with van der Waals surface area (Å²) in [5.74, 6) is 1.22. The van der Waals surface area contributed by atoms with Gasteiger partial charge in [0, 0.05) is 49.2 Å². The zero-order valence-corrected chi connectivity index (χ0v) is 13.9. The minimum absolute atomic E-state index is 0.120. The molecule has 0 bridgehead atoms. The lowest BCUT2D eigenvalue weighted by Gasteiger charge is -2.34. The molecule has 0 spiro atoms. The number of carbonyl (C=O) groups is 1. The Kier molecular flexibility index (Phi) is 3.84. The van der Waals surface area contributed by atoms with Crippen LogP contribution in [-0.4, -0.2) is 38.4 Å². The fraction of sp³-hybridized carbons (Fsp3) is 0.368. The molecule has 5 heteroatoms. The van der Waals surface area contributed by atoms with Gasteiger partial charge >= 0.3 is 0 Å². The Morgan fingerprint density at radius 1 is 1.38 bits per heavy atom. The fourth-order valence-electron chi connectivity index (χ4n) is 3.68. The summed E-state index contributed by atoms with van der Waals surface area (Å²) in [6, 6.07) is 8.24. The summed E-state index contributed by atoms with van der Waals surface area (Å²) in [6.45, 7) is 3.70. The summed E-state index contributed by atoms with van der Waals surface area (Å²) in [6.07, 6.45) is 8.86. The number of imidazole rings is 1. The van der Waals surface area contributed by atoms with Crippen molar-refractivity contribution in [2.45, 2.75) is 32.2 Å². The molecule has 124 valence electrons. The maximum Gasteiger partial charge on any atom is 0.254 e. The van der Waals surface area contributed by atoms with Gasteiger partial charge in [0.2, 0.25) is 0 Å². The fourth-order valence-corrected chi connectivity index (χ4v) is 3.68. The smallest absolute Gasteiger partial charge is 0.254 e. The number of hydrogen-bond donors (Lipinski definition) is 1. The van der Waals surface area contributed by atoms with Gasteiger partial charge in [-0.15, -0.1) is 0 Å². The van der Waals surface area contributed by atoms with Crippen molar-refractivity contribution in [2.24, 2.45) is 0 Å². The van der Waals surface area contributed by atoms with E-state index >= 15 is 0 Å². The van der Waals surface area contributed by atoms with E-state index in [1.165, 1.54) is 0 Å². The van der Waals surface area contributed by atoms with Crippen molar-refractivity contribution in [1.29, 1.82) is 0 Å². The molecule has 3 aromatic rings. The number of nitrogens with one attached hydrogen (secondary N) is 1. The van der Waals surface area contributed by atoms with Crippen molar-refractivity contribution < 1.29 is 4.79 Å². The molecule has 1 aliphatic heterocycles. The molecule has 24 heavy (non-hydrogen) atoms. The monoisotopic (exact) mass is 322 g/mol. The quantitative estimate of drug-likeness (QED) is 0.803. The number of likely N-dealkylation sites (tertiary alicyclic amines) is 1. The normalized spacial score (nSPS) is 18.2. The molecule has 1 N–H and O–H groups in total. The number of nitrogens with zero attached hydrogens (tertiary/aromatic N) is 3. The minimum atomic E-state index is 0.120. The van der Waals surface area contributed by atoms with Crippen molar-refractivity contribution in [3.63, 3.8) is 0 Å². The Morgan fingerprint density at radius 2 is 2.29 bits per heavy atom. The highest BCUT2D eigenvalue weighted by atomic mass is 16.2. The molecular weight excluding hydrogens is 300 g/mol. The van der Waals surface area contributed by atoms with E-state index in [2.05, 4.69) is 21.5 Å². The van der Waals surface area contributed by atoms with E-state index in [1.54, 1.807) is 0 Å². The van der Waals surface area contributed by atoms with Gasteiger partial charge in [0.15, 0.2) is 0 Å². The molecule has 1 amide bonds. The number of rotatable bonds is 3. The summed E-state index contributed by atoms with van der Waals surface area (Å²) < 4.78 is 2.24. The standard InChI is InChI=1S/C19H22N4O/c1-2-18-21-9-11-23(18)16-4-3-10-22(13-16)19(24)15-6-5-14-7-8-20-17(14)12-15/h5-9,11-12,16,20H,2-4,10,13H2,1H3/t16-/m1/s1. The van der Waals surface area contributed by atoms with Crippen molar-refractivity contribution in [3.8, 4) is 0 Å². The van der Waals surface area contributed by atoms with Crippen LogP contribution in [0.25, 0.3) is 10.9 Å². The SMILES string of the molecule is CCc1nccn1[C@@H]1CCCN(C(=O)c2ccc3cc[nH]c3c2)C1. The second kappa shape index (κ2) is 6.15. The number of benzene rings is 1. The van der Waals surface area contributed by atoms with Gasteiger partial charge < -0.3 is 14.5 Å². The van der Waals surface area contributed by atoms with Crippen molar-refractivity contribution >= 4 is 16.8 Å². The zero-order valence-electron chi connectivity index (χ0n) is 13.9. The highest BCUT2D eigenvalue weighted by Crippen LogP contribution is 2.25. The second-order valence-electron chi connectivity index (χ2n) is 6.43. The Balaban J connectivity index is 1.55. The zero-order chi connectivity index (χ0) is 16.5. The predicted octanol–water partition coefficient (Wildman–Crippen LogP) is 3.40. The van der Waals surface area contributed by atoms with E-state index in [4.69, 9.17) is 0 Å². The number of H-pyrrole nitrogens is 1. The van der Waals surface area contributed by atoms with Gasteiger partial charge in [0.25, 0.3) is 5.91 Å². The third-order valence-electron chi connectivity index (χ3n) is 4.94. The predicted molar refractivity (Wildman–Crippen MR) is 94.1 cm³/mol. The van der Waals surface area contributed by atoms with Crippen LogP contribution in [0, 0.1) is 0 Å². The van der Waals surface area contributed by atoms with E-state index in [1.807, 2.05) is 47.8 Å². The van der Waals surface area contributed by atoms with E-state index in [0.29, 0.717) is 6.04 Å². The molecule has 0 unspecified atom stereocenters. The summed E-state index contributed by atoms with van der Waals surface area (Å²) in [4.78, 5) is 22.5. The number of fused-ring (bicyclic) bond motifs is 1. The van der Waals surface area contributed by atoms with Crippen LogP contribution in [0.2, 0.25) is 0 Å². The van der Waals surface area contributed by atoms with Crippen LogP contribution in [0.1, 0.15) is 42.0 Å².